The molecule has 19 heavy (non-hydrogen) atoms. The molecule has 1 aliphatic heterocycles. The number of rotatable bonds is 8. The summed E-state index contributed by atoms with van der Waals surface area (Å²) in [6.45, 7) is 1.62. The molecule has 0 saturated carbocycles. The van der Waals surface area contributed by atoms with E-state index in [-0.39, 0.29) is 0 Å². The van der Waals surface area contributed by atoms with Crippen LogP contribution in [0, 0.1) is 0 Å². The standard InChI is InChI=1S/C15H24N2O2/c1-18-9-2-3-14(17-16)6-4-12-5-7-15-13(11-12)8-10-19-15/h5,7,11,14,17H,2-4,6,8-10,16H2,1H3. The average molecular weight is 264 g/mol. The second-order valence-electron chi connectivity index (χ2n) is 5.08. The molecule has 1 aromatic carbocycles. The number of hydrazine groups is 1. The van der Waals surface area contributed by atoms with Crippen molar-refractivity contribution in [1.82, 2.24) is 5.43 Å². The van der Waals surface area contributed by atoms with Crippen molar-refractivity contribution in [2.24, 2.45) is 5.84 Å². The van der Waals surface area contributed by atoms with Crippen LogP contribution in [0.4, 0.5) is 0 Å². The average Bonchev–Trinajstić information content (AvgIpc) is 2.90. The Morgan fingerprint density at radius 3 is 3.11 bits per heavy atom. The maximum absolute atomic E-state index is 5.60. The molecule has 1 aromatic rings. The largest absolute Gasteiger partial charge is 0.493 e. The van der Waals surface area contributed by atoms with Crippen LogP contribution in [0.5, 0.6) is 5.75 Å². The van der Waals surface area contributed by atoms with Crippen LogP contribution in [0.15, 0.2) is 18.2 Å². The van der Waals surface area contributed by atoms with Gasteiger partial charge in [-0.05, 0) is 42.9 Å². The first kappa shape index (κ1) is 14.3. The van der Waals surface area contributed by atoms with Crippen LogP contribution < -0.4 is 16.0 Å². The fourth-order valence-electron chi connectivity index (χ4n) is 2.52. The normalized spacial score (nSPS) is 15.1. The van der Waals surface area contributed by atoms with Gasteiger partial charge in [0.15, 0.2) is 0 Å². The Labute approximate surface area is 115 Å². The fourth-order valence-corrected chi connectivity index (χ4v) is 2.52. The van der Waals surface area contributed by atoms with Crippen molar-refractivity contribution in [3.63, 3.8) is 0 Å². The molecule has 3 N–H and O–H groups in total. The summed E-state index contributed by atoms with van der Waals surface area (Å²) in [4.78, 5) is 0. The summed E-state index contributed by atoms with van der Waals surface area (Å²) in [7, 11) is 1.73. The number of fused-ring (bicyclic) bond motifs is 1. The van der Waals surface area contributed by atoms with Crippen molar-refractivity contribution in [2.45, 2.75) is 38.1 Å². The molecule has 1 heterocycles. The molecule has 106 valence electrons. The summed E-state index contributed by atoms with van der Waals surface area (Å²) in [5.74, 6) is 6.65. The van der Waals surface area contributed by atoms with E-state index in [0.717, 1.165) is 51.1 Å². The Hall–Kier alpha value is -1.10. The lowest BCUT2D eigenvalue weighted by Gasteiger charge is -2.15. The third-order valence-corrected chi connectivity index (χ3v) is 3.67. The van der Waals surface area contributed by atoms with E-state index in [2.05, 4.69) is 23.6 Å². The van der Waals surface area contributed by atoms with Crippen LogP contribution in [0.1, 0.15) is 30.4 Å². The van der Waals surface area contributed by atoms with Gasteiger partial charge in [0.1, 0.15) is 5.75 Å². The molecule has 0 aromatic heterocycles. The lowest BCUT2D eigenvalue weighted by molar-refractivity contribution is 0.188. The van der Waals surface area contributed by atoms with Gasteiger partial charge in [-0.25, -0.2) is 0 Å². The van der Waals surface area contributed by atoms with Gasteiger partial charge in [-0.3, -0.25) is 11.3 Å². The van der Waals surface area contributed by atoms with Crippen molar-refractivity contribution in [3.05, 3.63) is 29.3 Å². The molecule has 0 aliphatic carbocycles. The molecule has 0 spiro atoms. The van der Waals surface area contributed by atoms with Gasteiger partial charge in [0.2, 0.25) is 0 Å². The summed E-state index contributed by atoms with van der Waals surface area (Å²) in [5.41, 5.74) is 5.62. The molecular formula is C15H24N2O2. The van der Waals surface area contributed by atoms with E-state index in [9.17, 15) is 0 Å². The van der Waals surface area contributed by atoms with Gasteiger partial charge >= 0.3 is 0 Å². The summed E-state index contributed by atoms with van der Waals surface area (Å²) >= 11 is 0. The molecule has 1 aliphatic rings. The molecule has 2 rings (SSSR count). The molecule has 1 atom stereocenters. The van der Waals surface area contributed by atoms with Gasteiger partial charge in [-0.15, -0.1) is 0 Å². The van der Waals surface area contributed by atoms with E-state index in [1.165, 1.54) is 11.1 Å². The molecule has 0 bridgehead atoms. The smallest absolute Gasteiger partial charge is 0.122 e. The number of nitrogens with two attached hydrogens (primary N) is 1. The molecule has 4 nitrogen and oxygen atoms in total. The molecule has 1 unspecified atom stereocenters. The topological polar surface area (TPSA) is 56.5 Å². The zero-order valence-corrected chi connectivity index (χ0v) is 11.7. The highest BCUT2D eigenvalue weighted by Crippen LogP contribution is 2.26. The Morgan fingerprint density at radius 2 is 2.32 bits per heavy atom. The van der Waals surface area contributed by atoms with E-state index in [4.69, 9.17) is 15.3 Å². The summed E-state index contributed by atoms with van der Waals surface area (Å²) in [6.07, 6.45) is 5.24. The highest BCUT2D eigenvalue weighted by atomic mass is 16.5. The van der Waals surface area contributed by atoms with E-state index in [1.54, 1.807) is 7.11 Å². The van der Waals surface area contributed by atoms with Gasteiger partial charge in [-0.2, -0.15) is 0 Å². The number of hydrogen-bond acceptors (Lipinski definition) is 4. The zero-order chi connectivity index (χ0) is 13.5. The van der Waals surface area contributed by atoms with Crippen molar-refractivity contribution in [1.29, 1.82) is 0 Å². The van der Waals surface area contributed by atoms with Crippen LogP contribution in [0.3, 0.4) is 0 Å². The number of benzene rings is 1. The van der Waals surface area contributed by atoms with Gasteiger partial charge < -0.3 is 9.47 Å². The SMILES string of the molecule is COCCCC(CCc1ccc2c(c1)CCO2)NN. The zero-order valence-electron chi connectivity index (χ0n) is 11.7. The van der Waals surface area contributed by atoms with Crippen molar-refractivity contribution >= 4 is 0 Å². The van der Waals surface area contributed by atoms with E-state index >= 15 is 0 Å². The van der Waals surface area contributed by atoms with Gasteiger partial charge in [-0.1, -0.05) is 12.1 Å². The fraction of sp³-hybridized carbons (Fsp3) is 0.600. The van der Waals surface area contributed by atoms with Gasteiger partial charge in [0.05, 0.1) is 6.61 Å². The third kappa shape index (κ3) is 4.20. The van der Waals surface area contributed by atoms with E-state index < -0.39 is 0 Å². The lowest BCUT2D eigenvalue weighted by atomic mass is 10.00. The third-order valence-electron chi connectivity index (χ3n) is 3.67. The number of methoxy groups -OCH3 is 1. The summed E-state index contributed by atoms with van der Waals surface area (Å²) in [5, 5.41) is 0. The highest BCUT2D eigenvalue weighted by molar-refractivity contribution is 5.39. The number of aryl methyl sites for hydroxylation is 1. The first-order valence-electron chi connectivity index (χ1n) is 7.03. The molecule has 0 amide bonds. The van der Waals surface area contributed by atoms with Crippen LogP contribution >= 0.6 is 0 Å². The number of nitrogens with one attached hydrogen (secondary N) is 1. The first-order chi connectivity index (χ1) is 9.33. The maximum Gasteiger partial charge on any atom is 0.122 e. The lowest BCUT2D eigenvalue weighted by Crippen LogP contribution is -2.35. The Morgan fingerprint density at radius 1 is 1.42 bits per heavy atom. The second-order valence-corrected chi connectivity index (χ2v) is 5.08. The summed E-state index contributed by atoms with van der Waals surface area (Å²) < 4.78 is 10.6. The van der Waals surface area contributed by atoms with Crippen LogP contribution in [0.2, 0.25) is 0 Å². The van der Waals surface area contributed by atoms with E-state index in [1.807, 2.05) is 0 Å². The molecular weight excluding hydrogens is 240 g/mol. The predicted octanol–water partition coefficient (Wildman–Crippen LogP) is 1.81. The minimum atomic E-state index is 0.361. The number of ether oxygens (including phenoxy) is 2. The van der Waals surface area contributed by atoms with Gasteiger partial charge in [0, 0.05) is 26.2 Å². The molecule has 0 fully saturated rings. The maximum atomic E-state index is 5.60. The molecule has 0 saturated heterocycles. The summed E-state index contributed by atoms with van der Waals surface area (Å²) in [6, 6.07) is 6.88. The Kier molecular flexibility index (Phi) is 5.63. The highest BCUT2D eigenvalue weighted by Gasteiger charge is 2.13. The minimum Gasteiger partial charge on any atom is -0.493 e. The molecule has 0 radical (unpaired) electrons. The monoisotopic (exact) mass is 264 g/mol. The quantitative estimate of drug-likeness (QED) is 0.427. The predicted molar refractivity (Wildman–Crippen MR) is 76.2 cm³/mol. The van der Waals surface area contributed by atoms with Crippen LogP contribution in [0.25, 0.3) is 0 Å². The van der Waals surface area contributed by atoms with Crippen LogP contribution in [-0.2, 0) is 17.6 Å². The van der Waals surface area contributed by atoms with Crippen molar-refractivity contribution in [3.8, 4) is 5.75 Å². The minimum absolute atomic E-state index is 0.361. The van der Waals surface area contributed by atoms with Crippen molar-refractivity contribution < 1.29 is 9.47 Å². The Bertz CT molecular complexity index is 396. The van der Waals surface area contributed by atoms with Crippen LogP contribution in [-0.4, -0.2) is 26.4 Å². The second kappa shape index (κ2) is 7.48. The number of hydrogen-bond donors (Lipinski definition) is 2. The Balaban J connectivity index is 1.80. The van der Waals surface area contributed by atoms with Crippen molar-refractivity contribution in [2.75, 3.05) is 20.3 Å². The molecule has 4 heteroatoms. The van der Waals surface area contributed by atoms with E-state index in [0.29, 0.717) is 6.04 Å². The van der Waals surface area contributed by atoms with Gasteiger partial charge in [0.25, 0.3) is 0 Å². The first-order valence-corrected chi connectivity index (χ1v) is 7.03.